The van der Waals surface area contributed by atoms with Crippen LogP contribution in [-0.4, -0.2) is 66.5 Å². The Bertz CT molecular complexity index is 962. The first-order valence-electron chi connectivity index (χ1n) is 9.99. The predicted octanol–water partition coefficient (Wildman–Crippen LogP) is 2.78. The number of nitrogens with zero attached hydrogens (tertiary/aromatic N) is 3. The van der Waals surface area contributed by atoms with Crippen molar-refractivity contribution in [2.45, 2.75) is 32.3 Å². The minimum atomic E-state index is -0.475. The molecule has 4 rings (SSSR count). The molecule has 1 unspecified atom stereocenters. The van der Waals surface area contributed by atoms with Crippen LogP contribution in [0, 0.1) is 18.2 Å². The number of esters is 1. The first kappa shape index (κ1) is 19.8. The van der Waals surface area contributed by atoms with Crippen molar-refractivity contribution in [3.8, 4) is 0 Å². The Hall–Kier alpha value is -2.54. The summed E-state index contributed by atoms with van der Waals surface area (Å²) in [5.74, 6) is -0.601. The van der Waals surface area contributed by atoms with Gasteiger partial charge in [-0.15, -0.1) is 0 Å². The lowest BCUT2D eigenvalue weighted by Crippen LogP contribution is -2.45. The number of ether oxygens (including phenoxy) is 1. The third-order valence-electron chi connectivity index (χ3n) is 6.03. The van der Waals surface area contributed by atoms with E-state index in [4.69, 9.17) is 4.74 Å². The molecule has 2 aliphatic rings. The van der Waals surface area contributed by atoms with Gasteiger partial charge in [0.25, 0.3) is 5.91 Å². The second kappa shape index (κ2) is 7.37. The first-order valence-corrected chi connectivity index (χ1v) is 9.99. The van der Waals surface area contributed by atoms with Crippen LogP contribution in [0.15, 0.2) is 24.3 Å². The van der Waals surface area contributed by atoms with E-state index in [2.05, 4.69) is 4.98 Å². The van der Waals surface area contributed by atoms with Crippen LogP contribution in [0.25, 0.3) is 10.9 Å². The van der Waals surface area contributed by atoms with Crippen molar-refractivity contribution in [2.75, 3.05) is 33.7 Å². The lowest BCUT2D eigenvalue weighted by molar-refractivity contribution is -0.150. The molecule has 1 spiro atoms. The highest BCUT2D eigenvalue weighted by Gasteiger charge is 2.50. The summed E-state index contributed by atoms with van der Waals surface area (Å²) < 4.78 is 19.2. The molecule has 154 valence electrons. The van der Waals surface area contributed by atoms with E-state index in [1.807, 2.05) is 19.0 Å². The molecule has 1 atom stereocenters. The van der Waals surface area contributed by atoms with Crippen molar-refractivity contribution in [3.63, 3.8) is 0 Å². The minimum absolute atomic E-state index is 0.0820. The van der Waals surface area contributed by atoms with Crippen molar-refractivity contribution >= 4 is 22.8 Å². The summed E-state index contributed by atoms with van der Waals surface area (Å²) in [5, 5.41) is 0.647. The van der Waals surface area contributed by atoms with Crippen molar-refractivity contribution in [3.05, 3.63) is 41.3 Å². The maximum absolute atomic E-state index is 13.6. The van der Waals surface area contributed by atoms with Crippen LogP contribution in [-0.2, 0) is 9.53 Å². The highest BCUT2D eigenvalue weighted by molar-refractivity contribution is 6.06. The maximum atomic E-state index is 13.6. The summed E-state index contributed by atoms with van der Waals surface area (Å²) in [6.07, 6.45) is 1.85. The van der Waals surface area contributed by atoms with Crippen LogP contribution in [0.4, 0.5) is 4.39 Å². The van der Waals surface area contributed by atoms with Crippen LogP contribution in [0.1, 0.15) is 35.3 Å². The molecule has 2 aliphatic heterocycles. The van der Waals surface area contributed by atoms with Crippen molar-refractivity contribution < 1.29 is 18.7 Å². The maximum Gasteiger partial charge on any atom is 0.312 e. The molecule has 1 amide bonds. The number of piperidine rings is 1. The van der Waals surface area contributed by atoms with Gasteiger partial charge < -0.3 is 14.5 Å². The zero-order chi connectivity index (χ0) is 20.8. The Morgan fingerprint density at radius 3 is 2.72 bits per heavy atom. The quantitative estimate of drug-likeness (QED) is 0.743. The molecule has 0 radical (unpaired) electrons. The van der Waals surface area contributed by atoms with Crippen LogP contribution < -0.4 is 0 Å². The molecule has 0 saturated carbocycles. The molecule has 2 fully saturated rings. The van der Waals surface area contributed by atoms with Gasteiger partial charge in [-0.1, -0.05) is 0 Å². The molecule has 1 aromatic carbocycles. The van der Waals surface area contributed by atoms with E-state index >= 15 is 0 Å². The largest absolute Gasteiger partial charge is 0.461 e. The number of carbonyl (C=O) groups is 2. The molecule has 3 heterocycles. The fourth-order valence-corrected chi connectivity index (χ4v) is 4.57. The van der Waals surface area contributed by atoms with E-state index in [0.717, 1.165) is 6.54 Å². The molecule has 1 aromatic heterocycles. The number of carbonyl (C=O) groups excluding carboxylic acids is 2. The van der Waals surface area contributed by atoms with E-state index in [0.29, 0.717) is 54.5 Å². The van der Waals surface area contributed by atoms with Crippen molar-refractivity contribution in [1.29, 1.82) is 0 Å². The highest BCUT2D eigenvalue weighted by Crippen LogP contribution is 2.43. The highest BCUT2D eigenvalue weighted by atomic mass is 19.1. The van der Waals surface area contributed by atoms with Crippen molar-refractivity contribution in [1.82, 2.24) is 14.8 Å². The van der Waals surface area contributed by atoms with Gasteiger partial charge in [-0.2, -0.15) is 0 Å². The first-order chi connectivity index (χ1) is 13.8. The van der Waals surface area contributed by atoms with Gasteiger partial charge in [-0.3, -0.25) is 14.6 Å². The summed E-state index contributed by atoms with van der Waals surface area (Å²) in [5.41, 5.74) is 1.21. The number of rotatable bonds is 3. The predicted molar refractivity (Wildman–Crippen MR) is 107 cm³/mol. The van der Waals surface area contributed by atoms with Crippen LogP contribution in [0.5, 0.6) is 0 Å². The third-order valence-corrected chi connectivity index (χ3v) is 6.03. The number of halogens is 1. The minimum Gasteiger partial charge on any atom is -0.461 e. The number of likely N-dealkylation sites (tertiary alicyclic amines) is 1. The van der Waals surface area contributed by atoms with Gasteiger partial charge in [-0.25, -0.2) is 4.39 Å². The van der Waals surface area contributed by atoms with E-state index in [1.165, 1.54) is 12.1 Å². The van der Waals surface area contributed by atoms with E-state index in [9.17, 15) is 14.0 Å². The fraction of sp³-hybridized carbons (Fsp3) is 0.500. The van der Waals surface area contributed by atoms with Gasteiger partial charge >= 0.3 is 5.97 Å². The molecule has 2 saturated heterocycles. The normalized spacial score (nSPS) is 21.2. The Morgan fingerprint density at radius 2 is 2.03 bits per heavy atom. The number of benzene rings is 1. The van der Waals surface area contributed by atoms with Crippen LogP contribution in [0.2, 0.25) is 0 Å². The molecular formula is C22H26FN3O3. The average Bonchev–Trinajstić information content (AvgIpc) is 2.94. The zero-order valence-corrected chi connectivity index (χ0v) is 17.1. The zero-order valence-electron chi connectivity index (χ0n) is 17.1. The van der Waals surface area contributed by atoms with Gasteiger partial charge in [0, 0.05) is 43.2 Å². The molecular weight excluding hydrogens is 373 g/mol. The van der Waals surface area contributed by atoms with Gasteiger partial charge in [0.2, 0.25) is 0 Å². The number of fused-ring (bicyclic) bond motifs is 1. The van der Waals surface area contributed by atoms with Gasteiger partial charge in [0.05, 0.1) is 16.5 Å². The lowest BCUT2D eigenvalue weighted by Gasteiger charge is -2.36. The SMILES string of the molecule is Cc1cc(C(=O)N2CCC3(CC2)CC(CN(C)C)OC3=O)c2ccc(F)cc2n1. The molecule has 2 aromatic rings. The lowest BCUT2D eigenvalue weighted by atomic mass is 9.76. The smallest absolute Gasteiger partial charge is 0.312 e. The number of hydrogen-bond donors (Lipinski definition) is 0. The fourth-order valence-electron chi connectivity index (χ4n) is 4.57. The van der Waals surface area contributed by atoms with E-state index in [1.54, 1.807) is 24.0 Å². The van der Waals surface area contributed by atoms with Crippen molar-refractivity contribution in [2.24, 2.45) is 5.41 Å². The molecule has 6 nitrogen and oxygen atoms in total. The summed E-state index contributed by atoms with van der Waals surface area (Å²) in [4.78, 5) is 33.9. The van der Waals surface area contributed by atoms with Gasteiger partial charge in [-0.05, 0) is 52.1 Å². The third kappa shape index (κ3) is 3.71. The number of amides is 1. The number of aryl methyl sites for hydroxylation is 1. The summed E-state index contributed by atoms with van der Waals surface area (Å²) >= 11 is 0. The second-order valence-corrected chi connectivity index (χ2v) is 8.54. The Morgan fingerprint density at radius 1 is 1.31 bits per heavy atom. The monoisotopic (exact) mass is 399 g/mol. The molecule has 0 N–H and O–H groups in total. The van der Waals surface area contributed by atoms with Crippen LogP contribution in [0.3, 0.4) is 0 Å². The Balaban J connectivity index is 1.52. The molecule has 29 heavy (non-hydrogen) atoms. The van der Waals surface area contributed by atoms with Gasteiger partial charge in [0.15, 0.2) is 0 Å². The van der Waals surface area contributed by atoms with Gasteiger partial charge in [0.1, 0.15) is 11.9 Å². The van der Waals surface area contributed by atoms with Crippen LogP contribution >= 0.6 is 0 Å². The second-order valence-electron chi connectivity index (χ2n) is 8.54. The molecule has 0 aliphatic carbocycles. The van der Waals surface area contributed by atoms with E-state index in [-0.39, 0.29) is 23.8 Å². The standard InChI is InChI=1S/C22H26FN3O3/c1-14-10-18(17-5-4-15(23)11-19(17)24-14)20(27)26-8-6-22(7-9-26)12-16(13-25(2)3)29-21(22)28/h4-5,10-11,16H,6-9,12-13H2,1-3H3. The van der Waals surface area contributed by atoms with E-state index < -0.39 is 5.41 Å². The average molecular weight is 399 g/mol. The Kier molecular flexibility index (Phi) is 5.02. The summed E-state index contributed by atoms with van der Waals surface area (Å²) in [6, 6.07) is 6.06. The number of hydrogen-bond acceptors (Lipinski definition) is 5. The molecule has 0 bridgehead atoms. The Labute approximate surface area is 169 Å². The number of likely N-dealkylation sites (N-methyl/N-ethyl adjacent to an activating group) is 1. The summed E-state index contributed by atoms with van der Waals surface area (Å²) in [6.45, 7) is 3.53. The summed E-state index contributed by atoms with van der Waals surface area (Å²) in [7, 11) is 3.93. The molecule has 7 heteroatoms. The number of pyridine rings is 1. The number of cyclic esters (lactones) is 1. The topological polar surface area (TPSA) is 62.7 Å². The number of aromatic nitrogens is 1.